The molecule has 0 saturated heterocycles. The minimum absolute atomic E-state index is 0.129. The lowest BCUT2D eigenvalue weighted by Gasteiger charge is -2.06. The highest BCUT2D eigenvalue weighted by Gasteiger charge is 2.21. The van der Waals surface area contributed by atoms with Crippen LogP contribution in [0, 0.1) is 0 Å². The molecule has 0 saturated carbocycles. The van der Waals surface area contributed by atoms with Gasteiger partial charge in [0.15, 0.2) is 5.78 Å². The average Bonchev–Trinajstić information content (AvgIpc) is 2.54. The SMILES string of the molecule is CCCCCCCC(O)=CC(=O)C(C(=O)O)=C(O)CCCCCCC. The van der Waals surface area contributed by atoms with E-state index in [1.807, 2.05) is 0 Å². The third-order valence-electron chi connectivity index (χ3n) is 4.10. The molecule has 3 N–H and O–H groups in total. The van der Waals surface area contributed by atoms with Crippen molar-refractivity contribution in [3.63, 3.8) is 0 Å². The number of aliphatic hydroxyl groups excluding tert-OH is 2. The van der Waals surface area contributed by atoms with Crippen LogP contribution in [0.1, 0.15) is 90.9 Å². The molecule has 0 aromatic heterocycles. The second-order valence-electron chi connectivity index (χ2n) is 6.46. The lowest BCUT2D eigenvalue weighted by atomic mass is 10.0. The zero-order valence-corrected chi connectivity index (χ0v) is 15.7. The first kappa shape index (κ1) is 23.2. The first-order valence-corrected chi connectivity index (χ1v) is 9.53. The Morgan fingerprint density at radius 2 is 1.20 bits per heavy atom. The van der Waals surface area contributed by atoms with E-state index in [-0.39, 0.29) is 12.2 Å². The minimum atomic E-state index is -1.46. The summed E-state index contributed by atoms with van der Waals surface area (Å²) in [6, 6.07) is 0. The van der Waals surface area contributed by atoms with Gasteiger partial charge < -0.3 is 15.3 Å². The molecule has 5 nitrogen and oxygen atoms in total. The van der Waals surface area contributed by atoms with E-state index in [0.29, 0.717) is 12.8 Å². The Hall–Kier alpha value is -1.78. The van der Waals surface area contributed by atoms with Crippen molar-refractivity contribution in [3.05, 3.63) is 23.2 Å². The van der Waals surface area contributed by atoms with Gasteiger partial charge in [-0.3, -0.25) is 4.79 Å². The summed E-state index contributed by atoms with van der Waals surface area (Å²) in [5.74, 6) is -2.83. The molecule has 0 aromatic rings. The normalized spacial score (nSPS) is 12.8. The van der Waals surface area contributed by atoms with Crippen LogP contribution < -0.4 is 0 Å². The quantitative estimate of drug-likeness (QED) is 0.117. The fraction of sp³-hybridized carbons (Fsp3) is 0.700. The molecule has 0 aliphatic carbocycles. The first-order chi connectivity index (χ1) is 11.9. The molecule has 0 spiro atoms. The van der Waals surface area contributed by atoms with Crippen molar-refractivity contribution >= 4 is 11.8 Å². The van der Waals surface area contributed by atoms with Crippen LogP contribution >= 0.6 is 0 Å². The number of rotatable bonds is 15. The number of allylic oxidation sites excluding steroid dienone is 3. The number of unbranched alkanes of at least 4 members (excludes halogenated alkanes) is 8. The lowest BCUT2D eigenvalue weighted by Crippen LogP contribution is -2.14. The molecule has 5 heteroatoms. The maximum absolute atomic E-state index is 12.1. The van der Waals surface area contributed by atoms with Crippen LogP contribution in [0.2, 0.25) is 0 Å². The molecular weight excluding hydrogens is 320 g/mol. The second kappa shape index (κ2) is 14.6. The maximum atomic E-state index is 12.1. The molecular formula is C20H34O5. The summed E-state index contributed by atoms with van der Waals surface area (Å²) in [5, 5.41) is 29.0. The molecule has 0 aliphatic rings. The van der Waals surface area contributed by atoms with Gasteiger partial charge in [0.05, 0.1) is 5.76 Å². The van der Waals surface area contributed by atoms with Crippen LogP contribution in [0.25, 0.3) is 0 Å². The van der Waals surface area contributed by atoms with Gasteiger partial charge in [0.1, 0.15) is 11.3 Å². The zero-order valence-electron chi connectivity index (χ0n) is 15.7. The van der Waals surface area contributed by atoms with Crippen LogP contribution in [0.3, 0.4) is 0 Å². The zero-order chi connectivity index (χ0) is 19.1. The average molecular weight is 354 g/mol. The maximum Gasteiger partial charge on any atom is 0.343 e. The molecule has 144 valence electrons. The summed E-state index contributed by atoms with van der Waals surface area (Å²) in [6.07, 6.45) is 11.3. The molecule has 0 atom stereocenters. The molecule has 0 heterocycles. The Bertz CT molecular complexity index is 463. The second-order valence-corrected chi connectivity index (χ2v) is 6.46. The van der Waals surface area contributed by atoms with Crippen LogP contribution in [-0.4, -0.2) is 27.1 Å². The van der Waals surface area contributed by atoms with Crippen LogP contribution in [-0.2, 0) is 9.59 Å². The third-order valence-corrected chi connectivity index (χ3v) is 4.10. The number of aliphatic carboxylic acids is 1. The monoisotopic (exact) mass is 354 g/mol. The van der Waals surface area contributed by atoms with E-state index in [2.05, 4.69) is 13.8 Å². The number of carbonyl (C=O) groups excluding carboxylic acids is 1. The van der Waals surface area contributed by atoms with Crippen molar-refractivity contribution in [1.29, 1.82) is 0 Å². The molecule has 0 fully saturated rings. The van der Waals surface area contributed by atoms with Crippen molar-refractivity contribution in [1.82, 2.24) is 0 Å². The van der Waals surface area contributed by atoms with Crippen molar-refractivity contribution in [2.24, 2.45) is 0 Å². The predicted octanol–water partition coefficient (Wildman–Crippen LogP) is 5.62. The summed E-state index contributed by atoms with van der Waals surface area (Å²) >= 11 is 0. The van der Waals surface area contributed by atoms with Crippen molar-refractivity contribution in [3.8, 4) is 0 Å². The van der Waals surface area contributed by atoms with E-state index in [1.54, 1.807) is 0 Å². The Morgan fingerprint density at radius 1 is 0.720 bits per heavy atom. The Labute approximate surface area is 151 Å². The van der Waals surface area contributed by atoms with Gasteiger partial charge in [0.2, 0.25) is 0 Å². The lowest BCUT2D eigenvalue weighted by molar-refractivity contribution is -0.134. The first-order valence-electron chi connectivity index (χ1n) is 9.53. The van der Waals surface area contributed by atoms with Gasteiger partial charge >= 0.3 is 5.97 Å². The van der Waals surface area contributed by atoms with Gasteiger partial charge in [-0.25, -0.2) is 4.79 Å². The fourth-order valence-electron chi connectivity index (χ4n) is 2.60. The van der Waals surface area contributed by atoms with Crippen LogP contribution in [0.5, 0.6) is 0 Å². The molecule has 0 aromatic carbocycles. The molecule has 0 unspecified atom stereocenters. The highest BCUT2D eigenvalue weighted by molar-refractivity contribution is 6.21. The topological polar surface area (TPSA) is 94.8 Å². The standard InChI is InChI=1S/C20H34O5/c1-3-5-7-9-11-13-16(21)15-18(23)19(20(24)25)17(22)14-12-10-8-6-4-2/h15,21-22H,3-14H2,1-2H3,(H,24,25). The molecule has 0 radical (unpaired) electrons. The van der Waals surface area contributed by atoms with Gasteiger partial charge in [-0.2, -0.15) is 0 Å². The minimum Gasteiger partial charge on any atom is -0.512 e. The fourth-order valence-corrected chi connectivity index (χ4v) is 2.60. The van der Waals surface area contributed by atoms with E-state index < -0.39 is 23.1 Å². The Morgan fingerprint density at radius 3 is 1.68 bits per heavy atom. The molecule has 0 aliphatic heterocycles. The highest BCUT2D eigenvalue weighted by Crippen LogP contribution is 2.16. The van der Waals surface area contributed by atoms with Crippen LogP contribution in [0.15, 0.2) is 23.2 Å². The molecule has 0 amide bonds. The van der Waals surface area contributed by atoms with Gasteiger partial charge in [-0.05, 0) is 12.8 Å². The summed E-state index contributed by atoms with van der Waals surface area (Å²) in [5.41, 5.74) is -0.631. The number of carboxylic acid groups (broad SMARTS) is 1. The summed E-state index contributed by atoms with van der Waals surface area (Å²) in [6.45, 7) is 4.22. The van der Waals surface area contributed by atoms with E-state index in [4.69, 9.17) is 0 Å². The van der Waals surface area contributed by atoms with Crippen molar-refractivity contribution in [2.45, 2.75) is 90.9 Å². The summed E-state index contributed by atoms with van der Waals surface area (Å²) in [4.78, 5) is 23.4. The largest absolute Gasteiger partial charge is 0.512 e. The van der Waals surface area contributed by atoms with Crippen LogP contribution in [0.4, 0.5) is 0 Å². The van der Waals surface area contributed by atoms with E-state index in [1.165, 1.54) is 0 Å². The van der Waals surface area contributed by atoms with E-state index in [9.17, 15) is 24.9 Å². The summed E-state index contributed by atoms with van der Waals surface area (Å²) < 4.78 is 0. The smallest absolute Gasteiger partial charge is 0.343 e. The van der Waals surface area contributed by atoms with E-state index in [0.717, 1.165) is 63.9 Å². The van der Waals surface area contributed by atoms with Gasteiger partial charge in [-0.15, -0.1) is 0 Å². The Balaban J connectivity index is 4.62. The number of aliphatic hydroxyl groups is 2. The number of hydrogen-bond donors (Lipinski definition) is 3. The van der Waals surface area contributed by atoms with Crippen molar-refractivity contribution < 1.29 is 24.9 Å². The highest BCUT2D eigenvalue weighted by atomic mass is 16.4. The number of carbonyl (C=O) groups is 2. The molecule has 0 bridgehead atoms. The number of hydrogen-bond acceptors (Lipinski definition) is 4. The number of ketones is 1. The van der Waals surface area contributed by atoms with Gasteiger partial charge in [-0.1, -0.05) is 65.2 Å². The molecule has 0 rings (SSSR count). The van der Waals surface area contributed by atoms with Gasteiger partial charge in [0.25, 0.3) is 0 Å². The van der Waals surface area contributed by atoms with Crippen molar-refractivity contribution in [2.75, 3.05) is 0 Å². The van der Waals surface area contributed by atoms with Gasteiger partial charge in [0, 0.05) is 18.9 Å². The predicted molar refractivity (Wildman–Crippen MR) is 99.8 cm³/mol. The van der Waals surface area contributed by atoms with E-state index >= 15 is 0 Å². The Kier molecular flexibility index (Phi) is 13.5. The molecule has 25 heavy (non-hydrogen) atoms. The summed E-state index contributed by atoms with van der Waals surface area (Å²) in [7, 11) is 0. The number of carboxylic acids is 1. The third kappa shape index (κ3) is 11.4.